The molecular weight excluding hydrogens is 516 g/mol. The first kappa shape index (κ1) is 33.0. The van der Waals surface area contributed by atoms with Gasteiger partial charge in [-0.1, -0.05) is 64.1 Å². The lowest BCUT2D eigenvalue weighted by Gasteiger charge is -2.36. The fourth-order valence-electron chi connectivity index (χ4n) is 4.41. The monoisotopic (exact) mass is 560 g/mol. The first-order valence-corrected chi connectivity index (χ1v) is 13.7. The molecule has 2 unspecified atom stereocenters. The molecule has 0 amide bonds. The van der Waals surface area contributed by atoms with Crippen molar-refractivity contribution in [2.75, 3.05) is 52.5 Å². The Morgan fingerprint density at radius 3 is 1.30 bits per heavy atom. The van der Waals surface area contributed by atoms with Crippen LogP contribution in [0.25, 0.3) is 0 Å². The Balaban J connectivity index is 0.000000840. The SMILES string of the molecule is CC(C)c1ccccc1OCC(O)CN1CCN(CC(O)COc2ccccc2C(C)C)CC1.O=C(O)C(=O)O. The van der Waals surface area contributed by atoms with Crippen molar-refractivity contribution >= 4 is 11.9 Å². The maximum atomic E-state index is 10.5. The zero-order chi connectivity index (χ0) is 29.7. The van der Waals surface area contributed by atoms with Gasteiger partial charge in [0.2, 0.25) is 0 Å². The summed E-state index contributed by atoms with van der Waals surface area (Å²) in [7, 11) is 0. The van der Waals surface area contributed by atoms with Crippen molar-refractivity contribution in [3.8, 4) is 11.5 Å². The van der Waals surface area contributed by atoms with Gasteiger partial charge in [0, 0.05) is 39.3 Å². The number of carboxylic acids is 2. The summed E-state index contributed by atoms with van der Waals surface area (Å²) in [6, 6.07) is 16.1. The van der Waals surface area contributed by atoms with E-state index < -0.39 is 24.1 Å². The second-order valence-corrected chi connectivity index (χ2v) is 10.5. The average Bonchev–Trinajstić information content (AvgIpc) is 2.92. The van der Waals surface area contributed by atoms with E-state index in [-0.39, 0.29) is 13.2 Å². The summed E-state index contributed by atoms with van der Waals surface area (Å²) in [5.74, 6) is -1.17. The highest BCUT2D eigenvalue weighted by atomic mass is 16.5. The van der Waals surface area contributed by atoms with Gasteiger partial charge in [-0.2, -0.15) is 0 Å². The van der Waals surface area contributed by atoms with Crippen LogP contribution >= 0.6 is 0 Å². The van der Waals surface area contributed by atoms with E-state index in [1.165, 1.54) is 11.1 Å². The molecule has 2 atom stereocenters. The number of benzene rings is 2. The van der Waals surface area contributed by atoms with Crippen molar-refractivity contribution in [3.63, 3.8) is 0 Å². The van der Waals surface area contributed by atoms with Crippen molar-refractivity contribution < 1.29 is 39.5 Å². The molecule has 10 heteroatoms. The molecule has 1 aliphatic rings. The van der Waals surface area contributed by atoms with E-state index in [1.54, 1.807) is 0 Å². The second kappa shape index (κ2) is 16.8. The summed E-state index contributed by atoms with van der Waals surface area (Å²) in [6.07, 6.45) is -1.07. The molecule has 2 aromatic carbocycles. The Kier molecular flexibility index (Phi) is 13.9. The minimum atomic E-state index is -1.82. The van der Waals surface area contributed by atoms with E-state index in [9.17, 15) is 10.2 Å². The molecule has 1 saturated heterocycles. The highest BCUT2D eigenvalue weighted by Crippen LogP contribution is 2.27. The minimum absolute atomic E-state index is 0.290. The molecule has 40 heavy (non-hydrogen) atoms. The molecule has 4 N–H and O–H groups in total. The second-order valence-electron chi connectivity index (χ2n) is 10.5. The summed E-state index contributed by atoms with van der Waals surface area (Å²) >= 11 is 0. The third-order valence-electron chi connectivity index (χ3n) is 6.53. The highest BCUT2D eigenvalue weighted by Gasteiger charge is 2.22. The Bertz CT molecular complexity index is 970. The van der Waals surface area contributed by atoms with Gasteiger partial charge >= 0.3 is 11.9 Å². The van der Waals surface area contributed by atoms with Gasteiger partial charge in [-0.3, -0.25) is 9.80 Å². The van der Waals surface area contributed by atoms with E-state index in [1.807, 2.05) is 36.4 Å². The van der Waals surface area contributed by atoms with E-state index in [0.717, 1.165) is 37.7 Å². The number of nitrogens with zero attached hydrogens (tertiary/aromatic N) is 2. The van der Waals surface area contributed by atoms with Crippen molar-refractivity contribution in [2.24, 2.45) is 0 Å². The van der Waals surface area contributed by atoms with E-state index >= 15 is 0 Å². The zero-order valence-corrected chi connectivity index (χ0v) is 23.9. The van der Waals surface area contributed by atoms with Crippen LogP contribution in [0.2, 0.25) is 0 Å². The molecule has 0 spiro atoms. The number of rotatable bonds is 12. The topological polar surface area (TPSA) is 140 Å². The van der Waals surface area contributed by atoms with Gasteiger partial charge in [-0.05, 0) is 35.1 Å². The highest BCUT2D eigenvalue weighted by molar-refractivity contribution is 6.27. The van der Waals surface area contributed by atoms with Crippen LogP contribution < -0.4 is 9.47 Å². The van der Waals surface area contributed by atoms with Gasteiger partial charge in [0.15, 0.2) is 0 Å². The van der Waals surface area contributed by atoms with E-state index in [4.69, 9.17) is 29.3 Å². The Hall–Kier alpha value is -3.18. The van der Waals surface area contributed by atoms with Gasteiger partial charge in [0.1, 0.15) is 36.9 Å². The number of aliphatic hydroxyl groups excluding tert-OH is 2. The minimum Gasteiger partial charge on any atom is -0.491 e. The number of hydrogen-bond acceptors (Lipinski definition) is 8. The molecule has 1 heterocycles. The van der Waals surface area contributed by atoms with Crippen LogP contribution in [0.5, 0.6) is 11.5 Å². The number of hydrogen-bond donors (Lipinski definition) is 4. The number of β-amino-alcohol motifs (C(OH)–C–C–N with tert-alkyl or cyclic N) is 2. The van der Waals surface area contributed by atoms with Gasteiger partial charge in [-0.15, -0.1) is 0 Å². The molecule has 222 valence electrons. The summed E-state index contributed by atoms with van der Waals surface area (Å²) in [6.45, 7) is 13.8. The molecule has 0 saturated carbocycles. The molecule has 1 aliphatic heterocycles. The largest absolute Gasteiger partial charge is 0.491 e. The predicted octanol–water partition coefficient (Wildman–Crippen LogP) is 2.89. The standard InChI is InChI=1S/C28H42N2O4.C2H2O4/c1-21(2)25-9-5-7-11-27(25)33-19-23(31)17-29-13-15-30(16-14-29)18-24(32)20-34-28-12-8-6-10-26(28)22(3)4;3-1(4)2(5)6/h5-12,21-24,31-32H,13-20H2,1-4H3;(H,3,4)(H,5,6). The first-order chi connectivity index (χ1) is 19.0. The summed E-state index contributed by atoms with van der Waals surface area (Å²) in [5.41, 5.74) is 2.33. The van der Waals surface area contributed by atoms with Crippen molar-refractivity contribution in [1.29, 1.82) is 0 Å². The van der Waals surface area contributed by atoms with Crippen LogP contribution in [0.3, 0.4) is 0 Å². The summed E-state index contributed by atoms with van der Waals surface area (Å²) in [5, 5.41) is 35.8. The van der Waals surface area contributed by atoms with E-state index in [2.05, 4.69) is 49.6 Å². The quantitative estimate of drug-likeness (QED) is 0.287. The van der Waals surface area contributed by atoms with E-state index in [0.29, 0.717) is 24.9 Å². The Morgan fingerprint density at radius 2 is 1.00 bits per heavy atom. The van der Waals surface area contributed by atoms with Crippen LogP contribution in [0.1, 0.15) is 50.7 Å². The smallest absolute Gasteiger partial charge is 0.414 e. The van der Waals surface area contributed by atoms with Crippen LogP contribution in [0, 0.1) is 0 Å². The lowest BCUT2D eigenvalue weighted by molar-refractivity contribution is -0.159. The van der Waals surface area contributed by atoms with Crippen LogP contribution in [0.4, 0.5) is 0 Å². The van der Waals surface area contributed by atoms with Gasteiger partial charge in [0.25, 0.3) is 0 Å². The normalized spacial score (nSPS) is 15.7. The lowest BCUT2D eigenvalue weighted by atomic mass is 10.0. The zero-order valence-electron chi connectivity index (χ0n) is 23.9. The van der Waals surface area contributed by atoms with Crippen LogP contribution in [-0.4, -0.2) is 107 Å². The predicted molar refractivity (Wildman–Crippen MR) is 152 cm³/mol. The molecular formula is C30H44N2O8. The molecule has 10 nitrogen and oxygen atoms in total. The van der Waals surface area contributed by atoms with Crippen LogP contribution in [-0.2, 0) is 9.59 Å². The van der Waals surface area contributed by atoms with Crippen molar-refractivity contribution in [2.45, 2.75) is 51.7 Å². The Morgan fingerprint density at radius 1 is 0.675 bits per heavy atom. The number of para-hydroxylation sites is 2. The number of carboxylic acid groups (broad SMARTS) is 2. The van der Waals surface area contributed by atoms with Crippen molar-refractivity contribution in [3.05, 3.63) is 59.7 Å². The number of ether oxygens (including phenoxy) is 2. The Labute approximate surface area is 236 Å². The molecule has 0 radical (unpaired) electrons. The fraction of sp³-hybridized carbons (Fsp3) is 0.533. The van der Waals surface area contributed by atoms with Gasteiger partial charge < -0.3 is 29.9 Å². The number of aliphatic carboxylic acids is 2. The molecule has 2 aromatic rings. The van der Waals surface area contributed by atoms with Crippen LogP contribution in [0.15, 0.2) is 48.5 Å². The number of carbonyl (C=O) groups is 2. The lowest BCUT2D eigenvalue weighted by Crippen LogP contribution is -2.51. The molecule has 3 rings (SSSR count). The number of piperazine rings is 1. The molecule has 1 fully saturated rings. The molecule has 0 aromatic heterocycles. The third kappa shape index (κ3) is 11.5. The van der Waals surface area contributed by atoms with Gasteiger partial charge in [-0.25, -0.2) is 9.59 Å². The fourth-order valence-corrected chi connectivity index (χ4v) is 4.41. The molecule has 0 bridgehead atoms. The summed E-state index contributed by atoms with van der Waals surface area (Å²) in [4.78, 5) is 22.7. The third-order valence-corrected chi connectivity index (χ3v) is 6.53. The molecule has 0 aliphatic carbocycles. The summed E-state index contributed by atoms with van der Waals surface area (Å²) < 4.78 is 11.9. The average molecular weight is 561 g/mol. The first-order valence-electron chi connectivity index (χ1n) is 13.7. The van der Waals surface area contributed by atoms with Gasteiger partial charge in [0.05, 0.1) is 0 Å². The maximum Gasteiger partial charge on any atom is 0.414 e. The maximum absolute atomic E-state index is 10.5. The number of aliphatic hydroxyl groups is 2. The van der Waals surface area contributed by atoms with Crippen molar-refractivity contribution in [1.82, 2.24) is 9.80 Å².